The van der Waals surface area contributed by atoms with E-state index in [2.05, 4.69) is 22.4 Å². The minimum atomic E-state index is -1.09. The Kier molecular flexibility index (Phi) is 2.70. The summed E-state index contributed by atoms with van der Waals surface area (Å²) in [4.78, 5) is 35.4. The number of hydrogen-bond acceptors (Lipinski definition) is 6. The largest absolute Gasteiger partial charge is 0.373 e. The smallest absolute Gasteiger partial charge is 0.237 e. The number of anilines is 1. The molecule has 5 heterocycles. The average Bonchev–Trinajstić information content (AvgIpc) is 3.13. The highest BCUT2D eigenvalue weighted by atomic mass is 16.7. The molecule has 1 aromatic rings. The summed E-state index contributed by atoms with van der Waals surface area (Å²) >= 11 is 0. The summed E-state index contributed by atoms with van der Waals surface area (Å²) in [6.07, 6.45) is 4.16. The summed E-state index contributed by atoms with van der Waals surface area (Å²) in [5.74, 6) is 0.142. The van der Waals surface area contributed by atoms with Crippen molar-refractivity contribution in [1.82, 2.24) is 4.90 Å². The first-order chi connectivity index (χ1) is 13.7. The Balaban J connectivity index is 1.61. The van der Waals surface area contributed by atoms with E-state index in [0.29, 0.717) is 13.0 Å². The van der Waals surface area contributed by atoms with Crippen LogP contribution in [-0.4, -0.2) is 48.4 Å². The van der Waals surface area contributed by atoms with Crippen LogP contribution >= 0.6 is 0 Å². The number of nitrogens with zero attached hydrogens (tertiary/aromatic N) is 3. The third kappa shape index (κ3) is 1.40. The topological polar surface area (TPSA) is 71.4 Å². The molecule has 1 amide bonds. The highest BCUT2D eigenvalue weighted by Crippen LogP contribution is 2.71. The number of benzene rings is 1. The fourth-order valence-electron chi connectivity index (χ4n) is 7.80. The summed E-state index contributed by atoms with van der Waals surface area (Å²) in [6, 6.07) is 8.35. The van der Waals surface area contributed by atoms with Crippen molar-refractivity contribution in [3.8, 4) is 0 Å². The molecule has 5 aliphatic heterocycles. The van der Waals surface area contributed by atoms with Crippen LogP contribution < -0.4 is 4.90 Å². The molecule has 2 bridgehead atoms. The molecule has 1 saturated carbocycles. The van der Waals surface area contributed by atoms with Gasteiger partial charge in [-0.05, 0) is 36.9 Å². The van der Waals surface area contributed by atoms with Crippen LogP contribution in [0.1, 0.15) is 24.8 Å². The number of rotatable bonds is 2. The molecule has 144 valence electrons. The van der Waals surface area contributed by atoms with E-state index < -0.39 is 11.1 Å². The summed E-state index contributed by atoms with van der Waals surface area (Å²) in [5.41, 5.74) is 1.86. The van der Waals surface area contributed by atoms with E-state index in [0.717, 1.165) is 37.2 Å². The maximum absolute atomic E-state index is 13.4. The lowest BCUT2D eigenvalue weighted by Gasteiger charge is -2.62. The van der Waals surface area contributed by atoms with Crippen molar-refractivity contribution < 1.29 is 14.4 Å². The van der Waals surface area contributed by atoms with Crippen LogP contribution in [0.15, 0.2) is 41.3 Å². The molecule has 6 atom stereocenters. The molecule has 7 heteroatoms. The van der Waals surface area contributed by atoms with E-state index in [9.17, 15) is 9.70 Å². The van der Waals surface area contributed by atoms with Gasteiger partial charge in [-0.2, -0.15) is 0 Å². The van der Waals surface area contributed by atoms with Gasteiger partial charge in [0, 0.05) is 12.6 Å². The SMILES string of the molecule is O=NOC12[C@H]3C4CC(=O)N1c1ccccc1[C@@]21CCN2CC(=CCO4)[C@@H]3C[C@H]21. The zero-order valence-electron chi connectivity index (χ0n) is 15.4. The van der Waals surface area contributed by atoms with Crippen molar-refractivity contribution >= 4 is 11.6 Å². The van der Waals surface area contributed by atoms with Crippen LogP contribution in [0, 0.1) is 16.7 Å². The van der Waals surface area contributed by atoms with Crippen molar-refractivity contribution in [1.29, 1.82) is 0 Å². The van der Waals surface area contributed by atoms with Gasteiger partial charge in [0.1, 0.15) is 0 Å². The van der Waals surface area contributed by atoms with E-state index in [1.165, 1.54) is 5.57 Å². The third-order valence-corrected chi connectivity index (χ3v) is 8.48. The van der Waals surface area contributed by atoms with Crippen LogP contribution in [0.4, 0.5) is 5.69 Å². The molecule has 28 heavy (non-hydrogen) atoms. The predicted octanol–water partition coefficient (Wildman–Crippen LogP) is 2.12. The zero-order chi connectivity index (χ0) is 18.7. The number of fused-ring (bicyclic) bond motifs is 2. The number of hydrogen-bond donors (Lipinski definition) is 0. The van der Waals surface area contributed by atoms with Gasteiger partial charge in [0.15, 0.2) is 5.34 Å². The van der Waals surface area contributed by atoms with Gasteiger partial charge in [-0.1, -0.05) is 29.8 Å². The van der Waals surface area contributed by atoms with Crippen molar-refractivity contribution in [3.63, 3.8) is 0 Å². The monoisotopic (exact) mass is 379 g/mol. The summed E-state index contributed by atoms with van der Waals surface area (Å²) < 4.78 is 6.20. The molecule has 1 spiro atoms. The van der Waals surface area contributed by atoms with Crippen LogP contribution in [0.25, 0.3) is 0 Å². The van der Waals surface area contributed by atoms with Gasteiger partial charge in [-0.3, -0.25) is 14.6 Å². The Morgan fingerprint density at radius 1 is 1.29 bits per heavy atom. The Bertz CT molecular complexity index is 963. The number of carbonyl (C=O) groups is 1. The molecule has 0 N–H and O–H groups in total. The normalized spacial score (nSPS) is 44.6. The summed E-state index contributed by atoms with van der Waals surface area (Å²) in [6.45, 7) is 2.40. The van der Waals surface area contributed by atoms with Gasteiger partial charge < -0.3 is 9.57 Å². The van der Waals surface area contributed by atoms with Crippen LogP contribution in [0.3, 0.4) is 0 Å². The molecule has 2 unspecified atom stereocenters. The fourth-order valence-corrected chi connectivity index (χ4v) is 7.80. The van der Waals surface area contributed by atoms with E-state index >= 15 is 0 Å². The maximum Gasteiger partial charge on any atom is 0.237 e. The molecule has 0 aromatic heterocycles. The predicted molar refractivity (Wildman–Crippen MR) is 99.2 cm³/mol. The van der Waals surface area contributed by atoms with Crippen LogP contribution in [0.5, 0.6) is 0 Å². The Morgan fingerprint density at radius 3 is 3.07 bits per heavy atom. The average molecular weight is 379 g/mol. The highest BCUT2D eigenvalue weighted by Gasteiger charge is 2.81. The molecule has 4 fully saturated rings. The van der Waals surface area contributed by atoms with Crippen LogP contribution in [0.2, 0.25) is 0 Å². The first-order valence-electron chi connectivity index (χ1n) is 10.2. The van der Waals surface area contributed by atoms with Crippen molar-refractivity contribution in [3.05, 3.63) is 46.4 Å². The van der Waals surface area contributed by atoms with Gasteiger partial charge in [0.25, 0.3) is 0 Å². The van der Waals surface area contributed by atoms with Gasteiger partial charge in [0.2, 0.25) is 11.6 Å². The number of carbonyl (C=O) groups excluding carboxylic acids is 1. The van der Waals surface area contributed by atoms with Crippen molar-refractivity contribution in [2.24, 2.45) is 17.2 Å². The second-order valence-electron chi connectivity index (χ2n) is 9.04. The number of amides is 1. The lowest BCUT2D eigenvalue weighted by atomic mass is 9.51. The lowest BCUT2D eigenvalue weighted by molar-refractivity contribution is -0.221. The molecular formula is C21H21N3O4. The first-order valence-corrected chi connectivity index (χ1v) is 10.2. The van der Waals surface area contributed by atoms with Crippen LogP contribution in [-0.2, 0) is 19.8 Å². The maximum atomic E-state index is 13.4. The Morgan fingerprint density at radius 2 is 2.18 bits per heavy atom. The Labute approximate surface area is 162 Å². The summed E-state index contributed by atoms with van der Waals surface area (Å²) in [7, 11) is 0. The molecule has 7 rings (SSSR count). The van der Waals surface area contributed by atoms with Gasteiger partial charge in [0.05, 0.1) is 36.2 Å². The standard InChI is InChI=1S/C21H21N3O4/c25-18-10-16-19-13-9-17-20(6-7-23(17)11-12(13)5-8-27-16)14-3-1-2-4-15(14)24(18)21(19,20)28-22-26/h1-5,13,16-17,19H,6-11H2/t13-,16?,17-,19+,20+,21?/m0/s1. The van der Waals surface area contributed by atoms with Gasteiger partial charge in [-0.15, -0.1) is 4.91 Å². The van der Waals surface area contributed by atoms with Crippen molar-refractivity contribution in [2.45, 2.75) is 42.5 Å². The zero-order valence-corrected chi connectivity index (χ0v) is 15.4. The molecule has 7 nitrogen and oxygen atoms in total. The molecule has 1 aliphatic carbocycles. The second kappa shape index (κ2) is 4.83. The highest BCUT2D eigenvalue weighted by molar-refractivity contribution is 6.00. The van der Waals surface area contributed by atoms with E-state index in [1.54, 1.807) is 4.90 Å². The molecule has 0 radical (unpaired) electrons. The quantitative estimate of drug-likeness (QED) is 0.447. The fraction of sp³-hybridized carbons (Fsp3) is 0.571. The lowest BCUT2D eigenvalue weighted by Crippen LogP contribution is -2.77. The Hall–Kier alpha value is -2.25. The minimum absolute atomic E-state index is 0.0314. The van der Waals surface area contributed by atoms with Crippen molar-refractivity contribution in [2.75, 3.05) is 24.6 Å². The number of ether oxygens (including phenoxy) is 1. The molecular weight excluding hydrogens is 358 g/mol. The molecule has 1 aromatic carbocycles. The third-order valence-electron chi connectivity index (χ3n) is 8.48. The number of piperidine rings is 2. The second-order valence-corrected chi connectivity index (χ2v) is 9.04. The molecule has 3 saturated heterocycles. The van der Waals surface area contributed by atoms with Gasteiger partial charge in [-0.25, -0.2) is 0 Å². The molecule has 6 aliphatic rings. The van der Waals surface area contributed by atoms with E-state index in [1.807, 2.05) is 18.2 Å². The number of para-hydroxylation sites is 1. The first kappa shape index (κ1) is 15.6. The van der Waals surface area contributed by atoms with E-state index in [4.69, 9.17) is 9.57 Å². The summed E-state index contributed by atoms with van der Waals surface area (Å²) in [5, 5.41) is 3.01. The van der Waals surface area contributed by atoms with E-state index in [-0.39, 0.29) is 29.9 Å². The minimum Gasteiger partial charge on any atom is -0.373 e. The van der Waals surface area contributed by atoms with Gasteiger partial charge >= 0.3 is 0 Å².